The van der Waals surface area contributed by atoms with Crippen LogP contribution in [0.25, 0.3) is 0 Å². The SMILES string of the molecule is F.[OH-].[O]=[Fe+]. The summed E-state index contributed by atoms with van der Waals surface area (Å²) < 4.78 is 8.00. The summed E-state index contributed by atoms with van der Waals surface area (Å²) in [6, 6.07) is 0. The molecule has 0 aliphatic rings. The fourth-order valence-electron chi connectivity index (χ4n) is 0. The second kappa shape index (κ2) is 357. The van der Waals surface area contributed by atoms with E-state index in [0.717, 1.165) is 0 Å². The third-order valence-electron chi connectivity index (χ3n) is 0. The number of hydrogen-bond donors (Lipinski definition) is 0. The Labute approximate surface area is 30.9 Å². The molecule has 0 radical (unpaired) electrons. The molecule has 29 valence electrons. The molecule has 0 atom stereocenters. The first-order chi connectivity index (χ1) is 1.00. The predicted octanol–water partition coefficient (Wildman–Crippen LogP) is -0.146. The van der Waals surface area contributed by atoms with E-state index in [9.17, 15) is 0 Å². The van der Waals surface area contributed by atoms with Crippen molar-refractivity contribution in [2.75, 3.05) is 0 Å². The third-order valence-corrected chi connectivity index (χ3v) is 0. The van der Waals surface area contributed by atoms with Crippen LogP contribution in [0.5, 0.6) is 0 Å². The topological polar surface area (TPSA) is 47.1 Å². The van der Waals surface area contributed by atoms with Crippen molar-refractivity contribution in [2.45, 2.75) is 0 Å². The van der Waals surface area contributed by atoms with Crippen LogP contribution in [0.4, 0.5) is 4.70 Å². The van der Waals surface area contributed by atoms with E-state index in [1.54, 1.807) is 0 Å². The van der Waals surface area contributed by atoms with E-state index < -0.39 is 0 Å². The summed E-state index contributed by atoms with van der Waals surface area (Å²) in [6.07, 6.45) is 0. The summed E-state index contributed by atoms with van der Waals surface area (Å²) in [5.74, 6) is 0. The fourth-order valence-corrected chi connectivity index (χ4v) is 0. The molecule has 1 N–H and O–H groups in total. The number of rotatable bonds is 0. The zero-order valence-electron chi connectivity index (χ0n) is 1.62. The molecule has 0 unspecified atom stereocenters. The van der Waals surface area contributed by atoms with Crippen LogP contribution in [-0.4, -0.2) is 5.48 Å². The van der Waals surface area contributed by atoms with Crippen LogP contribution in [0.3, 0.4) is 0 Å². The van der Waals surface area contributed by atoms with E-state index in [4.69, 9.17) is 3.83 Å². The summed E-state index contributed by atoms with van der Waals surface area (Å²) in [5, 5.41) is 0. The summed E-state index contributed by atoms with van der Waals surface area (Å²) in [6.45, 7) is 0. The zero-order chi connectivity index (χ0) is 2.00. The standard InChI is InChI=1S/FH.Fe.H2O.O/h1H;;1H2;/q;+1;;/p-1. The van der Waals surface area contributed by atoms with Gasteiger partial charge in [0.15, 0.2) is 0 Å². The maximum atomic E-state index is 8.00. The molecule has 0 amide bonds. The van der Waals surface area contributed by atoms with Gasteiger partial charge in [0.1, 0.15) is 0 Å². The summed E-state index contributed by atoms with van der Waals surface area (Å²) in [7, 11) is 0. The average molecular weight is 109 g/mol. The van der Waals surface area contributed by atoms with E-state index in [1.165, 1.54) is 0 Å². The molecule has 0 bridgehead atoms. The molecular formula is H2FFeO2. The van der Waals surface area contributed by atoms with Gasteiger partial charge in [0.05, 0.1) is 0 Å². The van der Waals surface area contributed by atoms with Crippen LogP contribution in [0, 0.1) is 0 Å². The molecular weight excluding hydrogens is 107 g/mol. The van der Waals surface area contributed by atoms with Gasteiger partial charge in [-0.05, 0) is 0 Å². The van der Waals surface area contributed by atoms with Crippen molar-refractivity contribution in [1.29, 1.82) is 0 Å². The predicted molar refractivity (Wildman–Crippen MR) is 5.13 cm³/mol. The first-order valence-corrected chi connectivity index (χ1v) is 0.595. The van der Waals surface area contributed by atoms with Gasteiger partial charge in [0, 0.05) is 0 Å². The maximum absolute atomic E-state index is 8.00. The second-order valence-corrected chi connectivity index (χ2v) is 0. The van der Waals surface area contributed by atoms with Gasteiger partial charge in [0.2, 0.25) is 0 Å². The Bertz CT molecular complexity index is 6.00. The van der Waals surface area contributed by atoms with Gasteiger partial charge in [-0.25, -0.2) is 0 Å². The van der Waals surface area contributed by atoms with E-state index in [-0.39, 0.29) is 10.2 Å². The first-order valence-electron chi connectivity index (χ1n) is 0.144. The third kappa shape index (κ3) is 73.7. The van der Waals surface area contributed by atoms with Crippen molar-refractivity contribution in [2.24, 2.45) is 0 Å². The number of halogens is 1. The number of hydrogen-bond acceptors (Lipinski definition) is 2. The molecule has 0 spiro atoms. The first kappa shape index (κ1) is 29.6. The van der Waals surface area contributed by atoms with Gasteiger partial charge in [-0.1, -0.05) is 0 Å². The van der Waals surface area contributed by atoms with E-state index in [0.29, 0.717) is 0 Å². The summed E-state index contributed by atoms with van der Waals surface area (Å²) >= 11 is 2.00. The van der Waals surface area contributed by atoms with Gasteiger partial charge < -0.3 is 5.48 Å². The Kier molecular flexibility index (Phi) is 2650. The van der Waals surface area contributed by atoms with Crippen molar-refractivity contribution < 1.29 is 30.0 Å². The van der Waals surface area contributed by atoms with E-state index >= 15 is 0 Å². The Morgan fingerprint density at radius 1 is 1.25 bits per heavy atom. The van der Waals surface area contributed by atoms with E-state index in [2.05, 4.69) is 0 Å². The molecule has 4 heavy (non-hydrogen) atoms. The fraction of sp³-hybridized carbons (Fsp3) is 0. The Hall–Kier alpha value is 0.209. The van der Waals surface area contributed by atoms with Gasteiger partial charge in [-0.15, -0.1) is 0 Å². The molecule has 0 saturated carbocycles. The van der Waals surface area contributed by atoms with Crippen LogP contribution in [0.1, 0.15) is 0 Å². The Balaban J connectivity index is -0.00000000500. The molecule has 0 aliphatic heterocycles. The molecule has 0 rings (SSSR count). The van der Waals surface area contributed by atoms with Gasteiger partial charge in [0.25, 0.3) is 0 Å². The molecule has 0 heterocycles. The molecule has 0 aromatic carbocycles. The quantitative estimate of drug-likeness (QED) is 0.406. The summed E-state index contributed by atoms with van der Waals surface area (Å²) in [4.78, 5) is 0. The van der Waals surface area contributed by atoms with Crippen LogP contribution in [0.2, 0.25) is 0 Å². The van der Waals surface area contributed by atoms with E-state index in [1.807, 2.05) is 15.9 Å². The molecule has 4 heteroatoms. The normalized spacial score (nSPS) is 1.00. The van der Waals surface area contributed by atoms with Crippen molar-refractivity contribution >= 4 is 0 Å². The molecule has 0 aromatic heterocycles. The molecule has 2 nitrogen and oxygen atoms in total. The molecule has 0 aliphatic carbocycles. The van der Waals surface area contributed by atoms with Crippen molar-refractivity contribution in [3.8, 4) is 0 Å². The Morgan fingerprint density at radius 2 is 1.25 bits per heavy atom. The van der Waals surface area contributed by atoms with Crippen molar-refractivity contribution in [3.63, 3.8) is 0 Å². The minimum atomic E-state index is 0. The molecule has 0 aromatic rings. The van der Waals surface area contributed by atoms with Gasteiger partial charge >= 0.3 is 19.8 Å². The van der Waals surface area contributed by atoms with Crippen molar-refractivity contribution in [1.82, 2.24) is 0 Å². The van der Waals surface area contributed by atoms with Crippen LogP contribution in [0.15, 0.2) is 0 Å². The Morgan fingerprint density at radius 3 is 1.25 bits per heavy atom. The van der Waals surface area contributed by atoms with Crippen molar-refractivity contribution in [3.05, 3.63) is 0 Å². The molecule has 0 fully saturated rings. The molecule has 0 saturated heterocycles. The van der Waals surface area contributed by atoms with Crippen LogP contribution < -0.4 is 0 Å². The van der Waals surface area contributed by atoms with Crippen LogP contribution in [-0.2, 0) is 19.8 Å². The second-order valence-electron chi connectivity index (χ2n) is 0. The zero-order valence-corrected chi connectivity index (χ0v) is 2.72. The summed E-state index contributed by atoms with van der Waals surface area (Å²) in [5.41, 5.74) is 0. The minimum absolute atomic E-state index is 0. The van der Waals surface area contributed by atoms with Gasteiger partial charge in [-0.2, -0.15) is 0 Å². The van der Waals surface area contributed by atoms with Crippen LogP contribution >= 0.6 is 0 Å². The monoisotopic (exact) mass is 109 g/mol. The average Bonchev–Trinajstić information content (AvgIpc) is 1.00. The van der Waals surface area contributed by atoms with Gasteiger partial charge in [-0.3, -0.25) is 4.70 Å².